The molecule has 2 aromatic rings. The van der Waals surface area contributed by atoms with Gasteiger partial charge < -0.3 is 9.84 Å². The van der Waals surface area contributed by atoms with E-state index in [2.05, 4.69) is 5.10 Å². The quantitative estimate of drug-likeness (QED) is 0.919. The van der Waals surface area contributed by atoms with Crippen molar-refractivity contribution in [1.29, 1.82) is 0 Å². The highest BCUT2D eigenvalue weighted by Crippen LogP contribution is 2.32. The van der Waals surface area contributed by atoms with Gasteiger partial charge in [-0.3, -0.25) is 4.68 Å². The Morgan fingerprint density at radius 1 is 1.47 bits per heavy atom. The fraction of sp³-hybridized carbons (Fsp3) is 0.400. The first-order valence-electron chi connectivity index (χ1n) is 6.63. The van der Waals surface area contributed by atoms with E-state index in [0.29, 0.717) is 6.61 Å². The normalized spacial score (nSPS) is 18.1. The summed E-state index contributed by atoms with van der Waals surface area (Å²) < 4.78 is 7.54. The molecule has 19 heavy (non-hydrogen) atoms. The van der Waals surface area contributed by atoms with Crippen molar-refractivity contribution >= 4 is 0 Å². The van der Waals surface area contributed by atoms with Gasteiger partial charge in [0.1, 0.15) is 12.4 Å². The zero-order valence-electron chi connectivity index (χ0n) is 11.0. The second-order valence-corrected chi connectivity index (χ2v) is 5.08. The van der Waals surface area contributed by atoms with Gasteiger partial charge >= 0.3 is 0 Å². The van der Waals surface area contributed by atoms with Crippen LogP contribution in [0.5, 0.6) is 5.75 Å². The van der Waals surface area contributed by atoms with Gasteiger partial charge in [0.25, 0.3) is 0 Å². The molecule has 1 heterocycles. The molecule has 0 radical (unpaired) electrons. The van der Waals surface area contributed by atoms with Crippen LogP contribution >= 0.6 is 0 Å². The summed E-state index contributed by atoms with van der Waals surface area (Å²) in [6, 6.07) is 5.97. The van der Waals surface area contributed by atoms with E-state index in [1.165, 1.54) is 5.56 Å². The molecule has 100 valence electrons. The molecule has 0 saturated carbocycles. The smallest absolute Gasteiger partial charge is 0.120 e. The van der Waals surface area contributed by atoms with Crippen LogP contribution in [0.1, 0.15) is 35.6 Å². The summed E-state index contributed by atoms with van der Waals surface area (Å²) in [5.74, 6) is 0.858. The van der Waals surface area contributed by atoms with Crippen molar-refractivity contribution in [2.75, 3.05) is 0 Å². The molecule has 1 aromatic carbocycles. The summed E-state index contributed by atoms with van der Waals surface area (Å²) >= 11 is 0. The molecule has 1 aliphatic rings. The van der Waals surface area contributed by atoms with Gasteiger partial charge in [0, 0.05) is 18.8 Å². The molecule has 4 nitrogen and oxygen atoms in total. The second-order valence-electron chi connectivity index (χ2n) is 5.08. The molecule has 1 atom stereocenters. The maximum Gasteiger partial charge on any atom is 0.120 e. The number of aliphatic hydroxyl groups is 1. The van der Waals surface area contributed by atoms with Gasteiger partial charge in [-0.1, -0.05) is 6.07 Å². The predicted molar refractivity (Wildman–Crippen MR) is 71.9 cm³/mol. The van der Waals surface area contributed by atoms with Crippen LogP contribution < -0.4 is 4.74 Å². The van der Waals surface area contributed by atoms with E-state index in [9.17, 15) is 5.11 Å². The lowest BCUT2D eigenvalue weighted by Gasteiger charge is -2.21. The minimum absolute atomic E-state index is 0.309. The van der Waals surface area contributed by atoms with Gasteiger partial charge in [-0.15, -0.1) is 0 Å². The highest BCUT2D eigenvalue weighted by Gasteiger charge is 2.18. The Morgan fingerprint density at radius 3 is 3.16 bits per heavy atom. The number of rotatable bonds is 3. The van der Waals surface area contributed by atoms with E-state index in [1.54, 1.807) is 4.68 Å². The number of ether oxygens (including phenoxy) is 1. The summed E-state index contributed by atoms with van der Waals surface area (Å²) in [7, 11) is 1.89. The summed E-state index contributed by atoms with van der Waals surface area (Å²) in [6.07, 6.45) is 6.38. The molecular weight excluding hydrogens is 240 g/mol. The van der Waals surface area contributed by atoms with E-state index in [-0.39, 0.29) is 6.10 Å². The van der Waals surface area contributed by atoms with Gasteiger partial charge in [0.15, 0.2) is 0 Å². The number of hydrogen-bond donors (Lipinski definition) is 1. The largest absolute Gasteiger partial charge is 0.489 e. The molecule has 0 spiro atoms. The average Bonchev–Trinajstić information content (AvgIpc) is 2.82. The lowest BCUT2D eigenvalue weighted by Crippen LogP contribution is -2.09. The highest BCUT2D eigenvalue weighted by atomic mass is 16.5. The van der Waals surface area contributed by atoms with Crippen molar-refractivity contribution in [1.82, 2.24) is 9.78 Å². The molecule has 1 N–H and O–H groups in total. The average molecular weight is 258 g/mol. The van der Waals surface area contributed by atoms with E-state index in [4.69, 9.17) is 4.74 Å². The summed E-state index contributed by atoms with van der Waals surface area (Å²) in [5.41, 5.74) is 3.32. The third-order valence-electron chi connectivity index (χ3n) is 3.56. The van der Waals surface area contributed by atoms with Crippen molar-refractivity contribution < 1.29 is 9.84 Å². The molecule has 3 rings (SSSR count). The van der Waals surface area contributed by atoms with Crippen LogP contribution in [-0.2, 0) is 20.1 Å². The fourth-order valence-electron chi connectivity index (χ4n) is 2.57. The Balaban J connectivity index is 1.72. The van der Waals surface area contributed by atoms with Crippen LogP contribution in [0, 0.1) is 0 Å². The number of aromatic nitrogens is 2. The summed E-state index contributed by atoms with van der Waals surface area (Å²) in [4.78, 5) is 0. The zero-order chi connectivity index (χ0) is 13.2. The van der Waals surface area contributed by atoms with Crippen LogP contribution in [0.25, 0.3) is 0 Å². The van der Waals surface area contributed by atoms with Crippen molar-refractivity contribution in [3.05, 3.63) is 47.3 Å². The highest BCUT2D eigenvalue weighted by molar-refractivity contribution is 5.38. The lowest BCUT2D eigenvalue weighted by molar-refractivity contribution is 0.156. The maximum atomic E-state index is 9.91. The number of nitrogens with zero attached hydrogens (tertiary/aromatic N) is 2. The molecule has 0 amide bonds. The SMILES string of the molecule is Cn1cc(COc2ccc3c(c2)CCCC3O)cn1. The standard InChI is InChI=1S/C15H18N2O2/c1-17-9-11(8-16-17)10-19-13-5-6-14-12(7-13)3-2-4-15(14)18/h5-9,15,18H,2-4,10H2,1H3. The first-order chi connectivity index (χ1) is 9.22. The molecule has 0 fully saturated rings. The van der Waals surface area contributed by atoms with E-state index >= 15 is 0 Å². The fourth-order valence-corrected chi connectivity index (χ4v) is 2.57. The van der Waals surface area contributed by atoms with Crippen molar-refractivity contribution in [2.24, 2.45) is 7.05 Å². The number of aliphatic hydroxyl groups excluding tert-OH is 1. The molecule has 1 unspecified atom stereocenters. The molecule has 4 heteroatoms. The minimum Gasteiger partial charge on any atom is -0.489 e. The van der Waals surface area contributed by atoms with E-state index in [0.717, 1.165) is 36.1 Å². The molecular formula is C15H18N2O2. The van der Waals surface area contributed by atoms with Crippen molar-refractivity contribution in [3.63, 3.8) is 0 Å². The maximum absolute atomic E-state index is 9.91. The van der Waals surface area contributed by atoms with Gasteiger partial charge in [-0.25, -0.2) is 0 Å². The van der Waals surface area contributed by atoms with Gasteiger partial charge in [-0.05, 0) is 42.5 Å². The van der Waals surface area contributed by atoms with E-state index in [1.807, 2.05) is 37.6 Å². The van der Waals surface area contributed by atoms with Crippen LogP contribution in [0.15, 0.2) is 30.6 Å². The number of fused-ring (bicyclic) bond motifs is 1. The Kier molecular flexibility index (Phi) is 3.25. The number of aryl methyl sites for hydroxylation is 2. The second kappa shape index (κ2) is 5.05. The molecule has 0 saturated heterocycles. The monoisotopic (exact) mass is 258 g/mol. The van der Waals surface area contributed by atoms with Crippen LogP contribution in [-0.4, -0.2) is 14.9 Å². The third kappa shape index (κ3) is 2.63. The summed E-state index contributed by atoms with van der Waals surface area (Å²) in [5, 5.41) is 14.0. The topological polar surface area (TPSA) is 47.3 Å². The van der Waals surface area contributed by atoms with Crippen LogP contribution in [0.2, 0.25) is 0 Å². The minimum atomic E-state index is -0.309. The first-order valence-corrected chi connectivity index (χ1v) is 6.63. The van der Waals surface area contributed by atoms with Crippen molar-refractivity contribution in [2.45, 2.75) is 32.0 Å². The molecule has 1 aliphatic carbocycles. The van der Waals surface area contributed by atoms with Crippen LogP contribution in [0.3, 0.4) is 0 Å². The number of benzene rings is 1. The van der Waals surface area contributed by atoms with Gasteiger partial charge in [0.05, 0.1) is 12.3 Å². The Labute approximate surface area is 112 Å². The van der Waals surface area contributed by atoms with E-state index < -0.39 is 0 Å². The summed E-state index contributed by atoms with van der Waals surface area (Å²) in [6.45, 7) is 0.523. The molecule has 1 aromatic heterocycles. The first kappa shape index (κ1) is 12.2. The van der Waals surface area contributed by atoms with Gasteiger partial charge in [-0.2, -0.15) is 5.10 Å². The lowest BCUT2D eigenvalue weighted by atomic mass is 9.89. The predicted octanol–water partition coefficient (Wildman–Crippen LogP) is 2.37. The Bertz CT molecular complexity index is 577. The molecule has 0 bridgehead atoms. The third-order valence-corrected chi connectivity index (χ3v) is 3.56. The zero-order valence-corrected chi connectivity index (χ0v) is 11.0. The Hall–Kier alpha value is -1.81. The Morgan fingerprint density at radius 2 is 2.37 bits per heavy atom. The van der Waals surface area contributed by atoms with Crippen molar-refractivity contribution in [3.8, 4) is 5.75 Å². The molecule has 0 aliphatic heterocycles. The number of hydrogen-bond acceptors (Lipinski definition) is 3. The van der Waals surface area contributed by atoms with Gasteiger partial charge in [0.2, 0.25) is 0 Å². The van der Waals surface area contributed by atoms with Crippen LogP contribution in [0.4, 0.5) is 0 Å².